The largest absolute Gasteiger partial charge is 0.379 e. The summed E-state index contributed by atoms with van der Waals surface area (Å²) in [5.41, 5.74) is 5.57. The van der Waals surface area contributed by atoms with Crippen LogP contribution in [0.1, 0.15) is 19.4 Å². The van der Waals surface area contributed by atoms with Crippen LogP contribution in [0.2, 0.25) is 0 Å². The molecule has 4 nitrogen and oxygen atoms in total. The predicted molar refractivity (Wildman–Crippen MR) is 68.9 cm³/mol. The van der Waals surface area contributed by atoms with E-state index in [1.165, 1.54) is 12.1 Å². The summed E-state index contributed by atoms with van der Waals surface area (Å²) in [6.45, 7) is 5.85. The third kappa shape index (κ3) is 3.70. The van der Waals surface area contributed by atoms with E-state index in [4.69, 9.17) is 10.5 Å². The third-order valence-electron chi connectivity index (χ3n) is 2.60. The molecule has 0 aliphatic heterocycles. The molecule has 3 N–H and O–H groups in total. The minimum atomic E-state index is -1.06. The van der Waals surface area contributed by atoms with Crippen molar-refractivity contribution in [2.24, 2.45) is 5.73 Å². The van der Waals surface area contributed by atoms with E-state index in [9.17, 15) is 9.18 Å². The monoisotopic (exact) mass is 254 g/mol. The van der Waals surface area contributed by atoms with E-state index < -0.39 is 11.4 Å². The van der Waals surface area contributed by atoms with E-state index in [1.807, 2.05) is 6.92 Å². The summed E-state index contributed by atoms with van der Waals surface area (Å²) in [6, 6.07) is 4.48. The highest BCUT2D eigenvalue weighted by molar-refractivity contribution is 5.87. The summed E-state index contributed by atoms with van der Waals surface area (Å²) < 4.78 is 18.5. The lowest BCUT2D eigenvalue weighted by Gasteiger charge is -2.28. The number of hydrogen-bond acceptors (Lipinski definition) is 3. The Labute approximate surface area is 106 Å². The molecule has 0 heterocycles. The minimum absolute atomic E-state index is 0.133. The van der Waals surface area contributed by atoms with Gasteiger partial charge >= 0.3 is 0 Å². The van der Waals surface area contributed by atoms with E-state index in [2.05, 4.69) is 5.32 Å². The number of aryl methyl sites for hydroxylation is 1. The van der Waals surface area contributed by atoms with Gasteiger partial charge in [0, 0.05) is 12.3 Å². The smallest absolute Gasteiger partial charge is 0.245 e. The number of rotatable bonds is 6. The number of carbonyl (C=O) groups excluding carboxylic acids is 1. The molecular formula is C13H19FN2O2. The summed E-state index contributed by atoms with van der Waals surface area (Å²) in [5.74, 6) is -0.904. The predicted octanol–water partition coefficient (Wildman–Crippen LogP) is 1.83. The molecule has 1 atom stereocenters. The van der Waals surface area contributed by atoms with Gasteiger partial charge in [-0.2, -0.15) is 0 Å². The van der Waals surface area contributed by atoms with Crippen LogP contribution in [0.15, 0.2) is 18.2 Å². The molecule has 18 heavy (non-hydrogen) atoms. The third-order valence-corrected chi connectivity index (χ3v) is 2.60. The van der Waals surface area contributed by atoms with Crippen LogP contribution >= 0.6 is 0 Å². The van der Waals surface area contributed by atoms with Crippen LogP contribution in [0.5, 0.6) is 0 Å². The molecule has 0 bridgehead atoms. The average molecular weight is 254 g/mol. The Morgan fingerprint density at radius 1 is 1.50 bits per heavy atom. The van der Waals surface area contributed by atoms with Gasteiger partial charge in [-0.15, -0.1) is 0 Å². The maximum absolute atomic E-state index is 13.3. The molecule has 0 aliphatic rings. The molecule has 1 rings (SSSR count). The Morgan fingerprint density at radius 3 is 2.67 bits per heavy atom. The zero-order valence-electron chi connectivity index (χ0n) is 10.9. The number of halogens is 1. The molecule has 0 saturated carbocycles. The van der Waals surface area contributed by atoms with E-state index in [-0.39, 0.29) is 12.4 Å². The zero-order chi connectivity index (χ0) is 13.8. The van der Waals surface area contributed by atoms with Gasteiger partial charge in [0.15, 0.2) is 0 Å². The number of hydrogen-bond donors (Lipinski definition) is 2. The fourth-order valence-electron chi connectivity index (χ4n) is 1.60. The van der Waals surface area contributed by atoms with Gasteiger partial charge < -0.3 is 15.8 Å². The van der Waals surface area contributed by atoms with Gasteiger partial charge in [0.05, 0.1) is 6.61 Å². The van der Waals surface area contributed by atoms with Crippen molar-refractivity contribution >= 4 is 11.6 Å². The van der Waals surface area contributed by atoms with Crippen LogP contribution in [0, 0.1) is 12.7 Å². The lowest BCUT2D eigenvalue weighted by molar-refractivity contribution is -0.123. The molecule has 1 amide bonds. The van der Waals surface area contributed by atoms with Crippen molar-refractivity contribution in [3.05, 3.63) is 29.6 Å². The van der Waals surface area contributed by atoms with Gasteiger partial charge in [-0.3, -0.25) is 4.79 Å². The molecule has 0 fully saturated rings. The molecule has 100 valence electrons. The number of nitrogens with two attached hydrogens (primary N) is 1. The molecule has 1 aromatic rings. The van der Waals surface area contributed by atoms with Gasteiger partial charge in [0.25, 0.3) is 0 Å². The normalized spacial score (nSPS) is 14.0. The summed E-state index contributed by atoms with van der Waals surface area (Å²) >= 11 is 0. The van der Waals surface area contributed by atoms with Crippen molar-refractivity contribution < 1.29 is 13.9 Å². The van der Waals surface area contributed by atoms with Gasteiger partial charge in [0.2, 0.25) is 5.91 Å². The Hall–Kier alpha value is -1.62. The second kappa shape index (κ2) is 5.82. The summed E-state index contributed by atoms with van der Waals surface area (Å²) in [5, 5.41) is 2.93. The van der Waals surface area contributed by atoms with Crippen molar-refractivity contribution in [2.75, 3.05) is 18.5 Å². The van der Waals surface area contributed by atoms with Gasteiger partial charge in [0.1, 0.15) is 11.4 Å². The Morgan fingerprint density at radius 2 is 2.17 bits per heavy atom. The van der Waals surface area contributed by atoms with Crippen molar-refractivity contribution in [1.29, 1.82) is 0 Å². The highest BCUT2D eigenvalue weighted by atomic mass is 19.1. The number of benzene rings is 1. The standard InChI is InChI=1S/C13H19FN2O2/c1-4-18-8-13(3,12(15)17)16-11-6-9(2)5-10(14)7-11/h5-7,16H,4,8H2,1-3H3,(H2,15,17). The summed E-state index contributed by atoms with van der Waals surface area (Å²) in [6.07, 6.45) is 0. The first-order valence-corrected chi connectivity index (χ1v) is 5.80. The molecule has 1 unspecified atom stereocenters. The number of ether oxygens (including phenoxy) is 1. The molecule has 0 aromatic heterocycles. The zero-order valence-corrected chi connectivity index (χ0v) is 10.9. The first-order chi connectivity index (χ1) is 8.37. The van der Waals surface area contributed by atoms with Crippen LogP contribution in [-0.2, 0) is 9.53 Å². The van der Waals surface area contributed by atoms with Gasteiger partial charge in [-0.05, 0) is 44.5 Å². The van der Waals surface area contributed by atoms with E-state index >= 15 is 0 Å². The second-order valence-electron chi connectivity index (χ2n) is 4.48. The highest BCUT2D eigenvalue weighted by Crippen LogP contribution is 2.19. The van der Waals surface area contributed by atoms with E-state index in [0.29, 0.717) is 12.3 Å². The van der Waals surface area contributed by atoms with Crippen molar-refractivity contribution in [3.63, 3.8) is 0 Å². The molecule has 0 spiro atoms. The highest BCUT2D eigenvalue weighted by Gasteiger charge is 2.31. The van der Waals surface area contributed by atoms with Crippen LogP contribution in [-0.4, -0.2) is 24.7 Å². The Bertz CT molecular complexity index is 417. The Balaban J connectivity index is 2.92. The lowest BCUT2D eigenvalue weighted by atomic mass is 10.0. The molecular weight excluding hydrogens is 235 g/mol. The number of amides is 1. The molecule has 0 aliphatic carbocycles. The van der Waals surface area contributed by atoms with Crippen LogP contribution in [0.4, 0.5) is 10.1 Å². The summed E-state index contributed by atoms with van der Waals surface area (Å²) in [4.78, 5) is 11.5. The van der Waals surface area contributed by atoms with Crippen molar-refractivity contribution in [1.82, 2.24) is 0 Å². The SMILES string of the molecule is CCOCC(C)(Nc1cc(C)cc(F)c1)C(N)=O. The number of primary amides is 1. The van der Waals surface area contributed by atoms with E-state index in [1.54, 1.807) is 19.9 Å². The average Bonchev–Trinajstić information content (AvgIpc) is 2.24. The quantitative estimate of drug-likeness (QED) is 0.814. The van der Waals surface area contributed by atoms with Gasteiger partial charge in [-0.1, -0.05) is 0 Å². The number of nitrogens with one attached hydrogen (secondary N) is 1. The first kappa shape index (κ1) is 14.4. The molecule has 5 heteroatoms. The van der Waals surface area contributed by atoms with Gasteiger partial charge in [-0.25, -0.2) is 4.39 Å². The Kier molecular flexibility index (Phi) is 4.67. The first-order valence-electron chi connectivity index (χ1n) is 5.80. The maximum atomic E-state index is 13.3. The topological polar surface area (TPSA) is 64.3 Å². The second-order valence-corrected chi connectivity index (χ2v) is 4.48. The van der Waals surface area contributed by atoms with Crippen LogP contribution in [0.25, 0.3) is 0 Å². The van der Waals surface area contributed by atoms with Crippen LogP contribution in [0.3, 0.4) is 0 Å². The lowest BCUT2D eigenvalue weighted by Crippen LogP contribution is -2.51. The molecule has 0 radical (unpaired) electrons. The fourth-order valence-corrected chi connectivity index (χ4v) is 1.60. The minimum Gasteiger partial charge on any atom is -0.379 e. The van der Waals surface area contributed by atoms with Crippen LogP contribution < -0.4 is 11.1 Å². The van der Waals surface area contributed by atoms with Crippen molar-refractivity contribution in [3.8, 4) is 0 Å². The summed E-state index contributed by atoms with van der Waals surface area (Å²) in [7, 11) is 0. The number of anilines is 1. The maximum Gasteiger partial charge on any atom is 0.245 e. The molecule has 1 aromatic carbocycles. The van der Waals surface area contributed by atoms with E-state index in [0.717, 1.165) is 5.56 Å². The number of carbonyl (C=O) groups is 1. The van der Waals surface area contributed by atoms with Crippen molar-refractivity contribution in [2.45, 2.75) is 26.3 Å². The fraction of sp³-hybridized carbons (Fsp3) is 0.462. The molecule has 0 saturated heterocycles.